The minimum absolute atomic E-state index is 0. The molecule has 458 valence electrons. The first-order valence-corrected chi connectivity index (χ1v) is 19.6. The molecule has 0 aromatic carbocycles. The Labute approximate surface area is 426 Å². The van der Waals surface area contributed by atoms with Crippen molar-refractivity contribution in [3.05, 3.63) is 64.2 Å². The molecule has 3 aliphatic rings. The molecule has 1 saturated heterocycles. The van der Waals surface area contributed by atoms with E-state index < -0.39 is 114 Å². The second-order valence-electron chi connectivity index (χ2n) is 13.1. The summed E-state index contributed by atoms with van der Waals surface area (Å²) in [7, 11) is -16.3. The first kappa shape index (κ1) is 86.4. The van der Waals surface area contributed by atoms with Gasteiger partial charge in [0.05, 0.1) is 0 Å². The number of rotatable bonds is 14. The molecule has 3 fully saturated rings. The van der Waals surface area contributed by atoms with Gasteiger partial charge in [-0.15, -0.1) is 0 Å². The first-order chi connectivity index (χ1) is 31.5. The van der Waals surface area contributed by atoms with Gasteiger partial charge in [0.1, 0.15) is 0 Å². The SMILES string of the molecule is C1CCOC1.O.O.O.O=S(=O)([O-])C(F)(F)C(F)(F)C(F)(F)C(F)(F)C(F)(F)C(F)(F)C(F)(F)C(F)(F)F.O=S(=O)([O-])C(F)(F)C(F)(F)C(F)(F)C(F)(F)C(F)(F)C(F)(F)C(F)(F)C(F)(F)F.[CH]1[CH][CH][CH][CH]1.[CH]1[CH][CH][CH][CH]1.[Zr+2]. The molecule has 10 radical (unpaired) electrons. The number of alkyl halides is 34. The van der Waals surface area contributed by atoms with Crippen LogP contribution in [0.25, 0.3) is 0 Å². The number of halogens is 34. The second-order valence-corrected chi connectivity index (χ2v) is 15.9. The Hall–Kier alpha value is -1.84. The van der Waals surface area contributed by atoms with Crippen LogP contribution in [0.4, 0.5) is 149 Å². The molecule has 10 nitrogen and oxygen atoms in total. The normalized spacial score (nSPS) is 17.4. The van der Waals surface area contributed by atoms with Crippen LogP contribution in [0.2, 0.25) is 0 Å². The third-order valence-electron chi connectivity index (χ3n) is 7.95. The summed E-state index contributed by atoms with van der Waals surface area (Å²) in [6, 6.07) is 0. The van der Waals surface area contributed by atoms with E-state index in [0.29, 0.717) is 0 Å². The predicted octanol–water partition coefficient (Wildman–Crippen LogP) is 9.36. The summed E-state index contributed by atoms with van der Waals surface area (Å²) in [5, 5.41) is -15.9. The quantitative estimate of drug-likeness (QED) is 0.121. The Bertz CT molecular complexity index is 1830. The maximum atomic E-state index is 13.0. The number of hydrogen-bond acceptors (Lipinski definition) is 7. The van der Waals surface area contributed by atoms with E-state index in [2.05, 4.69) is 0 Å². The summed E-state index contributed by atoms with van der Waals surface area (Å²) in [4.78, 5) is 0. The van der Waals surface area contributed by atoms with Crippen molar-refractivity contribution in [2.75, 3.05) is 13.2 Å². The molecule has 0 unspecified atom stereocenters. The van der Waals surface area contributed by atoms with E-state index in [-0.39, 0.29) is 42.6 Å². The van der Waals surface area contributed by atoms with Crippen molar-refractivity contribution in [1.82, 2.24) is 0 Å². The molecule has 2 aliphatic carbocycles. The minimum Gasteiger partial charge on any atom is -0.743 e. The van der Waals surface area contributed by atoms with Gasteiger partial charge in [-0.2, -0.15) is 149 Å². The Kier molecular flexibility index (Phi) is 30.4. The average molecular weight is 1350 g/mol. The topological polar surface area (TPSA) is 218 Å². The van der Waals surface area contributed by atoms with Crippen LogP contribution in [0.15, 0.2) is 0 Å². The molecule has 0 aromatic rings. The summed E-state index contributed by atoms with van der Waals surface area (Å²) in [6.07, 6.45) is 6.77. The second kappa shape index (κ2) is 27.0. The van der Waals surface area contributed by atoms with Crippen molar-refractivity contribution in [2.45, 2.75) is 107 Å². The minimum atomic E-state index is -8.92. The standard InChI is InChI=1S/2C8HF17O3S.2C5H5.C4H8O.3H2O.Zr/c2*9-1(10,3(13,14)5(17,18)7(21,22)23)2(11,12)4(15,16)6(19,20)8(24,25)29(26,27)28;3*1-2-4-5-3-1;;;;/h2*(H,26,27,28);2*1-5H;1-4H2;3*1H2;/q;;;;;;;;+2/p-2. The Morgan fingerprint density at radius 3 is 0.506 bits per heavy atom. The van der Waals surface area contributed by atoms with Gasteiger partial charge in [0.25, 0.3) is 0 Å². The molecule has 6 N–H and O–H groups in total. The molecular weight excluding hydrogens is 1320 g/mol. The van der Waals surface area contributed by atoms with Crippen molar-refractivity contribution in [2.24, 2.45) is 0 Å². The van der Waals surface area contributed by atoms with E-state index in [4.69, 9.17) is 4.74 Å². The summed E-state index contributed by atoms with van der Waals surface area (Å²) in [6.45, 7) is 2.00. The van der Waals surface area contributed by atoms with Crippen LogP contribution in [-0.2, 0) is 51.2 Å². The molecule has 77 heavy (non-hydrogen) atoms. The van der Waals surface area contributed by atoms with Crippen LogP contribution < -0.4 is 0 Å². The predicted molar refractivity (Wildman–Crippen MR) is 175 cm³/mol. The molecule has 47 heteroatoms. The number of ether oxygens (including phenoxy) is 1. The van der Waals surface area contributed by atoms with Crippen molar-refractivity contribution in [3.8, 4) is 0 Å². The summed E-state index contributed by atoms with van der Waals surface area (Å²) in [5.41, 5.74) is 0. The van der Waals surface area contributed by atoms with E-state index in [1.54, 1.807) is 0 Å². The zero-order chi connectivity index (χ0) is 59.6. The van der Waals surface area contributed by atoms with Crippen molar-refractivity contribution < 1.29 is 223 Å². The summed E-state index contributed by atoms with van der Waals surface area (Å²) >= 11 is 0. The van der Waals surface area contributed by atoms with Gasteiger partial charge in [-0.1, -0.05) is 0 Å². The van der Waals surface area contributed by atoms with Crippen LogP contribution in [0, 0.1) is 64.2 Å². The van der Waals surface area contributed by atoms with Gasteiger partial charge in [-0.25, -0.2) is 16.8 Å². The zero-order valence-electron chi connectivity index (χ0n) is 35.1. The van der Waals surface area contributed by atoms with Gasteiger partial charge < -0.3 is 30.3 Å². The summed E-state index contributed by atoms with van der Waals surface area (Å²) < 4.78 is 493. The van der Waals surface area contributed by atoms with Gasteiger partial charge in [-0.05, 0) is 77.0 Å². The van der Waals surface area contributed by atoms with Crippen LogP contribution >= 0.6 is 0 Å². The third-order valence-corrected chi connectivity index (χ3v) is 9.72. The molecular formula is C30H24F34O10S2Zr. The maximum Gasteiger partial charge on any atom is 2.00 e. The largest absolute Gasteiger partial charge is 2.00 e. The van der Waals surface area contributed by atoms with E-state index in [1.807, 2.05) is 64.2 Å². The van der Waals surface area contributed by atoms with Crippen molar-refractivity contribution >= 4 is 20.2 Å². The van der Waals surface area contributed by atoms with Gasteiger partial charge in [0.15, 0.2) is 20.2 Å². The molecule has 0 amide bonds. The van der Waals surface area contributed by atoms with Crippen LogP contribution in [0.5, 0.6) is 0 Å². The molecule has 1 aliphatic heterocycles. The van der Waals surface area contributed by atoms with Crippen LogP contribution in [-0.4, -0.2) is 150 Å². The van der Waals surface area contributed by atoms with E-state index in [9.17, 15) is 175 Å². The number of hydrogen-bond donors (Lipinski definition) is 0. The monoisotopic (exact) mass is 1340 g/mol. The molecule has 0 aromatic heterocycles. The Morgan fingerprint density at radius 1 is 0.273 bits per heavy atom. The molecule has 0 atom stereocenters. The fourth-order valence-electron chi connectivity index (χ4n) is 3.76. The van der Waals surface area contributed by atoms with Gasteiger partial charge in [-0.3, -0.25) is 0 Å². The maximum absolute atomic E-state index is 13.0. The fraction of sp³-hybridized carbons (Fsp3) is 0.667. The van der Waals surface area contributed by atoms with E-state index >= 15 is 0 Å². The van der Waals surface area contributed by atoms with E-state index in [1.165, 1.54) is 12.8 Å². The van der Waals surface area contributed by atoms with Crippen LogP contribution in [0.1, 0.15) is 12.8 Å². The van der Waals surface area contributed by atoms with Gasteiger partial charge in [0, 0.05) is 13.2 Å². The molecule has 0 bridgehead atoms. The zero-order valence-corrected chi connectivity index (χ0v) is 39.2. The average Bonchev–Trinajstić information content (AvgIpc) is 4.04. The molecule has 0 spiro atoms. The van der Waals surface area contributed by atoms with Crippen molar-refractivity contribution in [3.63, 3.8) is 0 Å². The fourth-order valence-corrected chi connectivity index (χ4v) is 4.65. The molecule has 2 saturated carbocycles. The third kappa shape index (κ3) is 15.6. The van der Waals surface area contributed by atoms with Crippen LogP contribution in [0.3, 0.4) is 0 Å². The van der Waals surface area contributed by atoms with Gasteiger partial charge >= 0.3 is 120 Å². The molecule has 3 rings (SSSR count). The molecule has 1 heterocycles. The summed E-state index contributed by atoms with van der Waals surface area (Å²) in [5.74, 6) is -104. The smallest absolute Gasteiger partial charge is 0.743 e. The van der Waals surface area contributed by atoms with Crippen molar-refractivity contribution in [1.29, 1.82) is 0 Å². The van der Waals surface area contributed by atoms with E-state index in [0.717, 1.165) is 13.2 Å². The van der Waals surface area contributed by atoms with Gasteiger partial charge in [0.2, 0.25) is 0 Å². The first-order valence-electron chi connectivity index (χ1n) is 16.7. The Morgan fingerprint density at radius 2 is 0.403 bits per heavy atom. The Balaban J connectivity index is -0.000000244.